The number of hydrogen-bond acceptors (Lipinski definition) is 6. The number of rotatable bonds is 7. The molecule has 1 heterocycles. The van der Waals surface area contributed by atoms with E-state index in [0.29, 0.717) is 0 Å². The molecule has 20 heavy (non-hydrogen) atoms. The molecule has 0 radical (unpaired) electrons. The normalized spacial score (nSPS) is 15.2. The number of carboxylic acids is 1. The highest BCUT2D eigenvalue weighted by molar-refractivity contribution is 7.89. The molecule has 0 aliphatic heterocycles. The molecule has 0 fully saturated rings. The topological polar surface area (TPSA) is 107 Å². The number of carbonyl (C=O) groups is 1. The van der Waals surface area contributed by atoms with Gasteiger partial charge >= 0.3 is 5.97 Å². The van der Waals surface area contributed by atoms with Crippen LogP contribution < -0.4 is 4.72 Å². The number of carboxylic acid groups (broad SMARTS) is 1. The van der Waals surface area contributed by atoms with Gasteiger partial charge in [0.15, 0.2) is 0 Å². The Hall–Kier alpha value is -1.00. The molecular formula is C11H18N2O5S2. The van der Waals surface area contributed by atoms with Crippen LogP contribution in [0.2, 0.25) is 0 Å². The Kier molecular flexibility index (Phi) is 5.27. The van der Waals surface area contributed by atoms with Crippen molar-refractivity contribution < 1.29 is 23.4 Å². The number of hydrogen-bond donors (Lipinski definition) is 3. The molecule has 114 valence electrons. The maximum atomic E-state index is 12.1. The van der Waals surface area contributed by atoms with Gasteiger partial charge < -0.3 is 15.1 Å². The average molecular weight is 322 g/mol. The Morgan fingerprint density at radius 2 is 2.10 bits per heavy atom. The highest BCUT2D eigenvalue weighted by Crippen LogP contribution is 2.22. The lowest BCUT2D eigenvalue weighted by atomic mass is 10.1. The van der Waals surface area contributed by atoms with Gasteiger partial charge in [-0.2, -0.15) is 0 Å². The van der Waals surface area contributed by atoms with Gasteiger partial charge in [-0.05, 0) is 32.5 Å². The summed E-state index contributed by atoms with van der Waals surface area (Å²) in [4.78, 5) is 12.1. The Morgan fingerprint density at radius 3 is 2.60 bits per heavy atom. The fraction of sp³-hybridized carbons (Fsp3) is 0.545. The molecule has 1 unspecified atom stereocenters. The first-order chi connectivity index (χ1) is 9.05. The van der Waals surface area contributed by atoms with Crippen LogP contribution in [0, 0.1) is 0 Å². The molecular weight excluding hydrogens is 304 g/mol. The zero-order chi connectivity index (χ0) is 15.6. The summed E-state index contributed by atoms with van der Waals surface area (Å²) in [5.74, 6) is -1.29. The third kappa shape index (κ3) is 4.53. The summed E-state index contributed by atoms with van der Waals surface area (Å²) in [6, 6.07) is 1.23. The summed E-state index contributed by atoms with van der Waals surface area (Å²) < 4.78 is 26.4. The number of likely N-dealkylation sites (N-methyl/N-ethyl adjacent to an activating group) is 1. The van der Waals surface area contributed by atoms with Crippen LogP contribution >= 0.6 is 11.3 Å². The minimum absolute atomic E-state index is 0.206. The zero-order valence-corrected chi connectivity index (χ0v) is 13.1. The first kappa shape index (κ1) is 17.1. The summed E-state index contributed by atoms with van der Waals surface area (Å²) in [5, 5.41) is 20.4. The quantitative estimate of drug-likeness (QED) is 0.654. The predicted molar refractivity (Wildman–Crippen MR) is 75.6 cm³/mol. The third-order valence-electron chi connectivity index (χ3n) is 2.41. The maximum absolute atomic E-state index is 12.1. The van der Waals surface area contributed by atoms with Gasteiger partial charge in [-0.1, -0.05) is 0 Å². The number of aromatic carboxylic acids is 1. The largest absolute Gasteiger partial charge is 0.477 e. The van der Waals surface area contributed by atoms with Crippen LogP contribution in [0.3, 0.4) is 0 Å². The number of aliphatic hydroxyl groups is 1. The number of nitrogens with zero attached hydrogens (tertiary/aromatic N) is 1. The lowest BCUT2D eigenvalue weighted by Gasteiger charge is -2.26. The van der Waals surface area contributed by atoms with Crippen molar-refractivity contribution in [2.45, 2.75) is 17.4 Å². The van der Waals surface area contributed by atoms with Crippen LogP contribution in [-0.2, 0) is 10.0 Å². The van der Waals surface area contributed by atoms with Gasteiger partial charge in [0.1, 0.15) is 9.77 Å². The summed E-state index contributed by atoms with van der Waals surface area (Å²) in [6.07, 6.45) is 0. The van der Waals surface area contributed by atoms with Crippen LogP contribution in [0.25, 0.3) is 0 Å². The van der Waals surface area contributed by atoms with Crippen molar-refractivity contribution in [3.8, 4) is 0 Å². The van der Waals surface area contributed by atoms with E-state index in [1.807, 2.05) is 0 Å². The van der Waals surface area contributed by atoms with Gasteiger partial charge in [0.25, 0.3) is 0 Å². The first-order valence-electron chi connectivity index (χ1n) is 5.73. The van der Waals surface area contributed by atoms with Crippen LogP contribution in [0.1, 0.15) is 16.6 Å². The molecule has 1 aromatic rings. The van der Waals surface area contributed by atoms with Gasteiger partial charge in [-0.3, -0.25) is 0 Å². The number of nitrogens with one attached hydrogen (secondary N) is 1. The predicted octanol–water partition coefficient (Wildman–Crippen LogP) is 0.0372. The van der Waals surface area contributed by atoms with Gasteiger partial charge in [-0.15, -0.1) is 11.3 Å². The molecule has 9 heteroatoms. The Morgan fingerprint density at radius 1 is 1.50 bits per heavy atom. The van der Waals surface area contributed by atoms with E-state index in [4.69, 9.17) is 5.11 Å². The van der Waals surface area contributed by atoms with E-state index in [2.05, 4.69) is 4.72 Å². The monoisotopic (exact) mass is 322 g/mol. The SMILES string of the molecule is CN(C)CC(C)(O)CNS(=O)(=O)c1ccsc1C(=O)O. The second-order valence-corrected chi connectivity index (χ2v) is 7.63. The van der Waals surface area contributed by atoms with Crippen LogP contribution in [0.4, 0.5) is 0 Å². The molecule has 3 N–H and O–H groups in total. The smallest absolute Gasteiger partial charge is 0.347 e. The molecule has 1 rings (SSSR count). The molecule has 0 bridgehead atoms. The van der Waals surface area contributed by atoms with E-state index in [0.717, 1.165) is 11.3 Å². The second kappa shape index (κ2) is 6.19. The van der Waals surface area contributed by atoms with Crippen molar-refractivity contribution in [3.05, 3.63) is 16.3 Å². The van der Waals surface area contributed by atoms with Gasteiger partial charge in [-0.25, -0.2) is 17.9 Å². The van der Waals surface area contributed by atoms with E-state index < -0.39 is 21.6 Å². The van der Waals surface area contributed by atoms with E-state index in [1.165, 1.54) is 18.4 Å². The minimum Gasteiger partial charge on any atom is -0.477 e. The van der Waals surface area contributed by atoms with Crippen LogP contribution in [-0.4, -0.2) is 62.3 Å². The van der Waals surface area contributed by atoms with E-state index in [-0.39, 0.29) is 22.9 Å². The molecule has 0 aliphatic rings. The van der Waals surface area contributed by atoms with Crippen molar-refractivity contribution in [3.63, 3.8) is 0 Å². The minimum atomic E-state index is -3.96. The number of sulfonamides is 1. The molecule has 0 saturated heterocycles. The average Bonchev–Trinajstić information content (AvgIpc) is 2.74. The van der Waals surface area contributed by atoms with Crippen molar-refractivity contribution in [1.82, 2.24) is 9.62 Å². The lowest BCUT2D eigenvalue weighted by Crippen LogP contribution is -2.47. The summed E-state index contributed by atoms with van der Waals surface area (Å²) in [6.45, 7) is 1.56. The van der Waals surface area contributed by atoms with Crippen molar-refractivity contribution >= 4 is 27.3 Å². The van der Waals surface area contributed by atoms with Crippen LogP contribution in [0.15, 0.2) is 16.3 Å². The summed E-state index contributed by atoms with van der Waals surface area (Å²) in [5.41, 5.74) is -1.25. The summed E-state index contributed by atoms with van der Waals surface area (Å²) >= 11 is 0.839. The highest BCUT2D eigenvalue weighted by atomic mass is 32.2. The molecule has 0 saturated carbocycles. The van der Waals surface area contributed by atoms with Gasteiger partial charge in [0.2, 0.25) is 10.0 Å². The van der Waals surface area contributed by atoms with Gasteiger partial charge in [0, 0.05) is 13.1 Å². The first-order valence-corrected chi connectivity index (χ1v) is 8.09. The number of thiophene rings is 1. The second-order valence-electron chi connectivity index (χ2n) is 4.98. The van der Waals surface area contributed by atoms with E-state index in [9.17, 15) is 18.3 Å². The summed E-state index contributed by atoms with van der Waals surface area (Å²) in [7, 11) is -0.452. The molecule has 1 aromatic heterocycles. The Bertz CT molecular complexity index is 577. The fourth-order valence-corrected chi connectivity index (χ4v) is 4.15. The lowest BCUT2D eigenvalue weighted by molar-refractivity contribution is 0.0386. The standard InChI is InChI=1S/C11H18N2O5S2/c1-11(16,7-13(2)3)6-12-20(17,18)8-4-5-19-9(8)10(14)15/h4-5,12,16H,6-7H2,1-3H3,(H,14,15). The Labute approximate surface area is 121 Å². The maximum Gasteiger partial charge on any atom is 0.347 e. The molecule has 0 spiro atoms. The van der Waals surface area contributed by atoms with Crippen molar-refractivity contribution in [2.24, 2.45) is 0 Å². The van der Waals surface area contributed by atoms with Gasteiger partial charge in [0.05, 0.1) is 5.60 Å². The van der Waals surface area contributed by atoms with Crippen LogP contribution in [0.5, 0.6) is 0 Å². The zero-order valence-electron chi connectivity index (χ0n) is 11.5. The van der Waals surface area contributed by atoms with E-state index in [1.54, 1.807) is 19.0 Å². The molecule has 0 amide bonds. The molecule has 0 aromatic carbocycles. The van der Waals surface area contributed by atoms with Crippen molar-refractivity contribution in [1.29, 1.82) is 0 Å². The van der Waals surface area contributed by atoms with Crippen molar-refractivity contribution in [2.75, 3.05) is 27.2 Å². The molecule has 1 atom stereocenters. The Balaban J connectivity index is 2.86. The molecule has 7 nitrogen and oxygen atoms in total. The fourth-order valence-electron chi connectivity index (χ4n) is 1.73. The highest BCUT2D eigenvalue weighted by Gasteiger charge is 2.28. The van der Waals surface area contributed by atoms with E-state index >= 15 is 0 Å². The third-order valence-corrected chi connectivity index (χ3v) is 4.89. The molecule has 0 aliphatic carbocycles.